The number of carbonyl (C=O) groups is 2. The standard InChI is InChI=1S/C17H21NO3/c1-3-13-4-6-14(7-5-13)8-9-15(19)18-11-10-17(2,12-18)16(20)21/h4-9H,3,10-12H2,1-2H3,(H,20,21). The van der Waals surface area contributed by atoms with Crippen molar-refractivity contribution in [2.75, 3.05) is 13.1 Å². The van der Waals surface area contributed by atoms with Gasteiger partial charge in [0.1, 0.15) is 0 Å². The summed E-state index contributed by atoms with van der Waals surface area (Å²) in [5, 5.41) is 9.17. The molecule has 1 amide bonds. The van der Waals surface area contributed by atoms with Crippen LogP contribution in [-0.2, 0) is 16.0 Å². The molecule has 1 aliphatic rings. The highest BCUT2D eigenvalue weighted by Gasteiger charge is 2.41. The quantitative estimate of drug-likeness (QED) is 0.866. The number of hydrogen-bond acceptors (Lipinski definition) is 2. The number of likely N-dealkylation sites (tertiary alicyclic amines) is 1. The van der Waals surface area contributed by atoms with E-state index in [0.717, 1.165) is 12.0 Å². The van der Waals surface area contributed by atoms with E-state index in [1.807, 2.05) is 24.3 Å². The number of aliphatic carboxylic acids is 1. The van der Waals surface area contributed by atoms with Crippen LogP contribution in [0.3, 0.4) is 0 Å². The number of nitrogens with zero attached hydrogens (tertiary/aromatic N) is 1. The summed E-state index contributed by atoms with van der Waals surface area (Å²) >= 11 is 0. The highest BCUT2D eigenvalue weighted by Crippen LogP contribution is 2.30. The molecule has 1 aromatic carbocycles. The molecule has 0 saturated carbocycles. The molecule has 1 fully saturated rings. The van der Waals surface area contributed by atoms with Gasteiger partial charge in [-0.25, -0.2) is 0 Å². The molecule has 1 atom stereocenters. The first-order chi connectivity index (χ1) is 9.94. The van der Waals surface area contributed by atoms with Crippen molar-refractivity contribution in [3.63, 3.8) is 0 Å². The molecule has 2 rings (SSSR count). The fourth-order valence-corrected chi connectivity index (χ4v) is 2.46. The zero-order valence-electron chi connectivity index (χ0n) is 12.5. The molecule has 0 spiro atoms. The molecular weight excluding hydrogens is 266 g/mol. The van der Waals surface area contributed by atoms with Crippen molar-refractivity contribution in [3.05, 3.63) is 41.5 Å². The number of hydrogen-bond donors (Lipinski definition) is 1. The Balaban J connectivity index is 1.98. The first kappa shape index (κ1) is 15.3. The Morgan fingerprint density at radius 1 is 1.33 bits per heavy atom. The van der Waals surface area contributed by atoms with E-state index in [1.54, 1.807) is 17.9 Å². The Labute approximate surface area is 125 Å². The minimum absolute atomic E-state index is 0.125. The number of aryl methyl sites for hydroxylation is 1. The second kappa shape index (κ2) is 6.12. The monoisotopic (exact) mass is 287 g/mol. The molecule has 0 aliphatic carbocycles. The fraction of sp³-hybridized carbons (Fsp3) is 0.412. The summed E-state index contributed by atoms with van der Waals surface area (Å²) in [5.41, 5.74) is 1.42. The van der Waals surface area contributed by atoms with Crippen molar-refractivity contribution in [2.24, 2.45) is 5.41 Å². The number of carboxylic acid groups (broad SMARTS) is 1. The minimum Gasteiger partial charge on any atom is -0.481 e. The third-order valence-corrected chi connectivity index (χ3v) is 4.11. The average molecular weight is 287 g/mol. The normalized spacial score (nSPS) is 21.9. The number of rotatable bonds is 4. The first-order valence-corrected chi connectivity index (χ1v) is 7.24. The molecule has 4 nitrogen and oxygen atoms in total. The van der Waals surface area contributed by atoms with Gasteiger partial charge in [-0.05, 0) is 37.0 Å². The Kier molecular flexibility index (Phi) is 4.46. The van der Waals surface area contributed by atoms with E-state index in [-0.39, 0.29) is 12.5 Å². The molecule has 4 heteroatoms. The second-order valence-electron chi connectivity index (χ2n) is 5.80. The Morgan fingerprint density at radius 2 is 2.00 bits per heavy atom. The van der Waals surface area contributed by atoms with Gasteiger partial charge in [0.05, 0.1) is 5.41 Å². The molecule has 0 aromatic heterocycles. The predicted molar refractivity (Wildman–Crippen MR) is 81.8 cm³/mol. The predicted octanol–water partition coefficient (Wildman–Crippen LogP) is 2.59. The van der Waals surface area contributed by atoms with E-state index in [0.29, 0.717) is 13.0 Å². The van der Waals surface area contributed by atoms with E-state index in [2.05, 4.69) is 6.92 Å². The van der Waals surface area contributed by atoms with Gasteiger partial charge in [-0.15, -0.1) is 0 Å². The Bertz CT molecular complexity index is 562. The zero-order valence-corrected chi connectivity index (χ0v) is 12.5. The minimum atomic E-state index is -0.836. The molecule has 0 bridgehead atoms. The molecule has 21 heavy (non-hydrogen) atoms. The van der Waals surface area contributed by atoms with Crippen LogP contribution in [0.15, 0.2) is 30.3 Å². The van der Waals surface area contributed by atoms with E-state index >= 15 is 0 Å². The van der Waals surface area contributed by atoms with E-state index in [1.165, 1.54) is 11.6 Å². The van der Waals surface area contributed by atoms with Gasteiger partial charge >= 0.3 is 5.97 Å². The van der Waals surface area contributed by atoms with Gasteiger partial charge in [0.25, 0.3) is 0 Å². The van der Waals surface area contributed by atoms with Gasteiger partial charge in [-0.2, -0.15) is 0 Å². The van der Waals surface area contributed by atoms with Crippen LogP contribution in [0.25, 0.3) is 6.08 Å². The van der Waals surface area contributed by atoms with Crippen LogP contribution >= 0.6 is 0 Å². The summed E-state index contributed by atoms with van der Waals surface area (Å²) in [4.78, 5) is 24.9. The lowest BCUT2D eigenvalue weighted by Gasteiger charge is -2.18. The van der Waals surface area contributed by atoms with Gasteiger partial charge in [0.2, 0.25) is 5.91 Å². The summed E-state index contributed by atoms with van der Waals surface area (Å²) in [6.07, 6.45) is 4.80. The molecule has 112 valence electrons. The van der Waals surface area contributed by atoms with Crippen LogP contribution < -0.4 is 0 Å². The summed E-state index contributed by atoms with van der Waals surface area (Å²) in [6, 6.07) is 8.05. The topological polar surface area (TPSA) is 57.6 Å². The number of carbonyl (C=O) groups excluding carboxylic acids is 1. The largest absolute Gasteiger partial charge is 0.481 e. The molecule has 1 unspecified atom stereocenters. The number of benzene rings is 1. The summed E-state index contributed by atoms with van der Waals surface area (Å²) in [7, 11) is 0. The highest BCUT2D eigenvalue weighted by atomic mass is 16.4. The fourth-order valence-electron chi connectivity index (χ4n) is 2.46. The second-order valence-corrected chi connectivity index (χ2v) is 5.80. The van der Waals surface area contributed by atoms with E-state index < -0.39 is 11.4 Å². The van der Waals surface area contributed by atoms with Crippen LogP contribution in [0.2, 0.25) is 0 Å². The molecule has 1 aromatic rings. The SMILES string of the molecule is CCc1ccc(C=CC(=O)N2CCC(C)(C(=O)O)C2)cc1. The van der Waals surface area contributed by atoms with E-state index in [4.69, 9.17) is 0 Å². The maximum atomic E-state index is 12.1. The Hall–Kier alpha value is -2.10. The van der Waals surface area contributed by atoms with Gasteiger partial charge in [-0.1, -0.05) is 31.2 Å². The molecule has 1 saturated heterocycles. The van der Waals surface area contributed by atoms with Gasteiger partial charge in [-0.3, -0.25) is 9.59 Å². The highest BCUT2D eigenvalue weighted by molar-refractivity contribution is 5.92. The third-order valence-electron chi connectivity index (χ3n) is 4.11. The average Bonchev–Trinajstić information content (AvgIpc) is 2.89. The van der Waals surface area contributed by atoms with Gasteiger partial charge < -0.3 is 10.0 Å². The molecule has 1 aliphatic heterocycles. The smallest absolute Gasteiger partial charge is 0.311 e. The lowest BCUT2D eigenvalue weighted by molar-refractivity contribution is -0.147. The van der Waals surface area contributed by atoms with Crippen molar-refractivity contribution in [2.45, 2.75) is 26.7 Å². The van der Waals surface area contributed by atoms with Crippen LogP contribution in [0.4, 0.5) is 0 Å². The molecule has 1 N–H and O–H groups in total. The molecular formula is C17H21NO3. The van der Waals surface area contributed by atoms with Crippen molar-refractivity contribution < 1.29 is 14.7 Å². The first-order valence-electron chi connectivity index (χ1n) is 7.24. The van der Waals surface area contributed by atoms with Crippen molar-refractivity contribution in [3.8, 4) is 0 Å². The van der Waals surface area contributed by atoms with Gasteiger partial charge in [0.15, 0.2) is 0 Å². The maximum absolute atomic E-state index is 12.1. The van der Waals surface area contributed by atoms with Gasteiger partial charge in [0, 0.05) is 19.2 Å². The van der Waals surface area contributed by atoms with Crippen LogP contribution in [0.1, 0.15) is 31.4 Å². The number of carboxylic acids is 1. The lowest BCUT2D eigenvalue weighted by atomic mass is 9.90. The van der Waals surface area contributed by atoms with Crippen molar-refractivity contribution in [1.82, 2.24) is 4.90 Å². The maximum Gasteiger partial charge on any atom is 0.311 e. The summed E-state index contributed by atoms with van der Waals surface area (Å²) in [6.45, 7) is 4.57. The van der Waals surface area contributed by atoms with Crippen LogP contribution in [0, 0.1) is 5.41 Å². The van der Waals surface area contributed by atoms with E-state index in [9.17, 15) is 14.7 Å². The van der Waals surface area contributed by atoms with Crippen molar-refractivity contribution >= 4 is 18.0 Å². The lowest BCUT2D eigenvalue weighted by Crippen LogP contribution is -2.34. The van der Waals surface area contributed by atoms with Crippen molar-refractivity contribution in [1.29, 1.82) is 0 Å². The summed E-state index contributed by atoms with van der Waals surface area (Å²) in [5.74, 6) is -0.962. The third kappa shape index (κ3) is 3.51. The Morgan fingerprint density at radius 3 is 2.52 bits per heavy atom. The molecule has 0 radical (unpaired) electrons. The van der Waals surface area contributed by atoms with Crippen LogP contribution in [-0.4, -0.2) is 35.0 Å². The van der Waals surface area contributed by atoms with Crippen LogP contribution in [0.5, 0.6) is 0 Å². The number of amides is 1. The molecule has 1 heterocycles. The zero-order chi connectivity index (χ0) is 15.5. The summed E-state index contributed by atoms with van der Waals surface area (Å²) < 4.78 is 0.